The van der Waals surface area contributed by atoms with Crippen molar-refractivity contribution in [1.82, 2.24) is 10.2 Å². The summed E-state index contributed by atoms with van der Waals surface area (Å²) in [4.78, 5) is 22.9. The Morgan fingerprint density at radius 3 is 2.29 bits per heavy atom. The fourth-order valence-corrected chi connectivity index (χ4v) is 0.647. The molecule has 0 saturated heterocycles. The van der Waals surface area contributed by atoms with Gasteiger partial charge in [0.15, 0.2) is 5.60 Å². The van der Waals surface area contributed by atoms with E-state index in [9.17, 15) is 14.7 Å². The second-order valence-corrected chi connectivity index (χ2v) is 3.47. The molecule has 3 N–H and O–H groups in total. The molecule has 0 radical (unpaired) electrons. The summed E-state index contributed by atoms with van der Waals surface area (Å²) in [6, 6.07) is 0. The summed E-state index contributed by atoms with van der Waals surface area (Å²) in [5.74, 6) is -1.49. The molecule has 6 nitrogen and oxygen atoms in total. The van der Waals surface area contributed by atoms with Crippen molar-refractivity contribution in [1.29, 1.82) is 0 Å². The smallest absolute Gasteiger partial charge is 0.336 e. The molecule has 0 spiro atoms. The third-order valence-electron chi connectivity index (χ3n) is 1.70. The number of hydrogen-bond acceptors (Lipinski definition) is 4. The molecular weight excluding hydrogens is 188 g/mol. The lowest BCUT2D eigenvalue weighted by Gasteiger charge is -2.19. The van der Waals surface area contributed by atoms with Gasteiger partial charge in [-0.05, 0) is 6.92 Å². The largest absolute Gasteiger partial charge is 0.479 e. The van der Waals surface area contributed by atoms with Crippen LogP contribution in [-0.4, -0.2) is 59.8 Å². The molecule has 0 aliphatic rings. The number of carboxylic acid groups (broad SMARTS) is 1. The minimum absolute atomic E-state index is 0.0103. The number of nitrogens with zero attached hydrogens (tertiary/aromatic N) is 1. The van der Waals surface area contributed by atoms with Crippen LogP contribution >= 0.6 is 0 Å². The fraction of sp³-hybridized carbons (Fsp3) is 0.750. The third-order valence-corrected chi connectivity index (χ3v) is 1.70. The molecule has 82 valence electrons. The number of carbonyl (C=O) groups is 2. The van der Waals surface area contributed by atoms with Crippen LogP contribution in [0.25, 0.3) is 0 Å². The first-order chi connectivity index (χ1) is 6.27. The average molecular weight is 204 g/mol. The first-order valence-corrected chi connectivity index (χ1v) is 4.14. The standard InChI is InChI=1S/C8H16N2O4/c1-8(14,7(12)13)5-9-4-6(11)10(2)3/h9,14H,4-5H2,1-3H3,(H,12,13). The van der Waals surface area contributed by atoms with Crippen molar-refractivity contribution < 1.29 is 19.8 Å². The van der Waals surface area contributed by atoms with Gasteiger partial charge in [-0.3, -0.25) is 4.79 Å². The van der Waals surface area contributed by atoms with Crippen molar-refractivity contribution in [3.8, 4) is 0 Å². The zero-order chi connectivity index (χ0) is 11.4. The van der Waals surface area contributed by atoms with Gasteiger partial charge in [0.25, 0.3) is 0 Å². The topological polar surface area (TPSA) is 89.9 Å². The van der Waals surface area contributed by atoms with Gasteiger partial charge in [0.1, 0.15) is 0 Å². The fourth-order valence-electron chi connectivity index (χ4n) is 0.647. The number of aliphatic carboxylic acids is 1. The van der Waals surface area contributed by atoms with Crippen LogP contribution in [0.5, 0.6) is 0 Å². The van der Waals surface area contributed by atoms with E-state index in [0.717, 1.165) is 0 Å². The molecule has 0 aromatic heterocycles. The lowest BCUT2D eigenvalue weighted by atomic mass is 10.1. The number of carbonyl (C=O) groups excluding carboxylic acids is 1. The molecule has 0 aromatic rings. The lowest BCUT2D eigenvalue weighted by Crippen LogP contribution is -2.47. The van der Waals surface area contributed by atoms with Gasteiger partial charge >= 0.3 is 5.97 Å². The predicted molar refractivity (Wildman–Crippen MR) is 49.8 cm³/mol. The Balaban J connectivity index is 3.85. The molecule has 1 atom stereocenters. The Labute approximate surface area is 82.5 Å². The summed E-state index contributed by atoms with van der Waals surface area (Å²) in [5, 5.41) is 20.4. The van der Waals surface area contributed by atoms with E-state index in [1.54, 1.807) is 14.1 Å². The van der Waals surface area contributed by atoms with Gasteiger partial charge in [-0.15, -0.1) is 0 Å². The predicted octanol–water partition coefficient (Wildman–Crippen LogP) is -1.50. The van der Waals surface area contributed by atoms with Crippen LogP contribution in [0.3, 0.4) is 0 Å². The van der Waals surface area contributed by atoms with Gasteiger partial charge in [0.05, 0.1) is 6.54 Å². The monoisotopic (exact) mass is 204 g/mol. The Hall–Kier alpha value is -1.14. The molecular formula is C8H16N2O4. The number of hydrogen-bond donors (Lipinski definition) is 3. The van der Waals surface area contributed by atoms with E-state index in [2.05, 4.69) is 5.32 Å². The number of aliphatic hydroxyl groups is 1. The van der Waals surface area contributed by atoms with Crippen LogP contribution in [0.4, 0.5) is 0 Å². The highest BCUT2D eigenvalue weighted by Crippen LogP contribution is 2.00. The maximum absolute atomic E-state index is 11.0. The maximum Gasteiger partial charge on any atom is 0.336 e. The van der Waals surface area contributed by atoms with E-state index < -0.39 is 11.6 Å². The number of rotatable bonds is 5. The molecule has 0 fully saturated rings. The number of nitrogens with one attached hydrogen (secondary N) is 1. The molecule has 0 aromatic carbocycles. The van der Waals surface area contributed by atoms with E-state index in [4.69, 9.17) is 5.11 Å². The Morgan fingerprint density at radius 1 is 1.43 bits per heavy atom. The maximum atomic E-state index is 11.0. The van der Waals surface area contributed by atoms with Crippen LogP contribution in [-0.2, 0) is 9.59 Å². The molecule has 0 bridgehead atoms. The summed E-state index contributed by atoms with van der Waals surface area (Å²) < 4.78 is 0. The number of carboxylic acids is 1. The third kappa shape index (κ3) is 4.20. The second-order valence-electron chi connectivity index (χ2n) is 3.47. The van der Waals surface area contributed by atoms with Crippen molar-refractivity contribution in [3.63, 3.8) is 0 Å². The molecule has 6 heteroatoms. The number of amides is 1. The summed E-state index contributed by atoms with van der Waals surface area (Å²) in [6.07, 6.45) is 0. The summed E-state index contributed by atoms with van der Waals surface area (Å²) in [5.41, 5.74) is -1.84. The Kier molecular flexibility index (Phi) is 4.52. The van der Waals surface area contributed by atoms with Crippen molar-refractivity contribution in [2.24, 2.45) is 0 Å². The molecule has 0 saturated carbocycles. The highest BCUT2D eigenvalue weighted by atomic mass is 16.4. The van der Waals surface area contributed by atoms with E-state index in [0.29, 0.717) is 0 Å². The molecule has 1 unspecified atom stereocenters. The molecule has 0 aliphatic carbocycles. The van der Waals surface area contributed by atoms with Gasteiger partial charge in [0.2, 0.25) is 5.91 Å². The molecule has 14 heavy (non-hydrogen) atoms. The molecule has 0 heterocycles. The number of likely N-dealkylation sites (N-methyl/N-ethyl adjacent to an activating group) is 1. The van der Waals surface area contributed by atoms with E-state index >= 15 is 0 Å². The van der Waals surface area contributed by atoms with E-state index in [1.807, 2.05) is 0 Å². The SMILES string of the molecule is CN(C)C(=O)CNCC(C)(O)C(=O)O. The molecule has 0 rings (SSSR count). The van der Waals surface area contributed by atoms with E-state index in [-0.39, 0.29) is 19.0 Å². The normalized spacial score (nSPS) is 14.6. The van der Waals surface area contributed by atoms with Crippen molar-refractivity contribution in [2.75, 3.05) is 27.2 Å². The van der Waals surface area contributed by atoms with Crippen LogP contribution in [0.2, 0.25) is 0 Å². The molecule has 0 aliphatic heterocycles. The zero-order valence-corrected chi connectivity index (χ0v) is 8.57. The van der Waals surface area contributed by atoms with Gasteiger partial charge in [-0.25, -0.2) is 4.79 Å². The average Bonchev–Trinajstić information content (AvgIpc) is 2.03. The van der Waals surface area contributed by atoms with Crippen LogP contribution in [0.1, 0.15) is 6.92 Å². The van der Waals surface area contributed by atoms with Gasteiger partial charge < -0.3 is 20.4 Å². The van der Waals surface area contributed by atoms with E-state index in [1.165, 1.54) is 11.8 Å². The second kappa shape index (κ2) is 4.92. The minimum Gasteiger partial charge on any atom is -0.479 e. The van der Waals surface area contributed by atoms with Crippen LogP contribution < -0.4 is 5.32 Å². The van der Waals surface area contributed by atoms with Crippen LogP contribution in [0, 0.1) is 0 Å². The highest BCUT2D eigenvalue weighted by Gasteiger charge is 2.29. The summed E-state index contributed by atoms with van der Waals surface area (Å²) >= 11 is 0. The zero-order valence-electron chi connectivity index (χ0n) is 8.57. The first-order valence-electron chi connectivity index (χ1n) is 4.14. The van der Waals surface area contributed by atoms with Gasteiger partial charge in [-0.2, -0.15) is 0 Å². The minimum atomic E-state index is -1.84. The van der Waals surface area contributed by atoms with Crippen molar-refractivity contribution >= 4 is 11.9 Å². The Morgan fingerprint density at radius 2 is 1.93 bits per heavy atom. The highest BCUT2D eigenvalue weighted by molar-refractivity contribution is 5.78. The summed E-state index contributed by atoms with van der Waals surface area (Å²) in [6.45, 7) is 1.01. The summed E-state index contributed by atoms with van der Waals surface area (Å²) in [7, 11) is 3.19. The van der Waals surface area contributed by atoms with Gasteiger partial charge in [0, 0.05) is 20.6 Å². The van der Waals surface area contributed by atoms with Crippen molar-refractivity contribution in [3.05, 3.63) is 0 Å². The van der Waals surface area contributed by atoms with Crippen molar-refractivity contribution in [2.45, 2.75) is 12.5 Å². The van der Waals surface area contributed by atoms with Crippen LogP contribution in [0.15, 0.2) is 0 Å². The Bertz CT molecular complexity index is 225. The quantitative estimate of drug-likeness (QED) is 0.507. The van der Waals surface area contributed by atoms with Gasteiger partial charge in [-0.1, -0.05) is 0 Å². The lowest BCUT2D eigenvalue weighted by molar-refractivity contribution is -0.156. The first kappa shape index (κ1) is 12.9. The molecule has 1 amide bonds.